The van der Waals surface area contributed by atoms with Crippen LogP contribution < -0.4 is 5.32 Å². The van der Waals surface area contributed by atoms with Crippen molar-refractivity contribution in [3.8, 4) is 0 Å². The Morgan fingerprint density at radius 2 is 2.05 bits per heavy atom. The molecule has 120 valence electrons. The van der Waals surface area contributed by atoms with Crippen LogP contribution in [0.3, 0.4) is 0 Å². The molecule has 4 nitrogen and oxygen atoms in total. The average Bonchev–Trinajstić information content (AvgIpc) is 3.00. The van der Waals surface area contributed by atoms with Gasteiger partial charge in [0, 0.05) is 50.2 Å². The molecule has 1 unspecified atom stereocenters. The smallest absolute Gasteiger partial charge is 0.0945 e. The van der Waals surface area contributed by atoms with Crippen molar-refractivity contribution in [1.29, 1.82) is 0 Å². The van der Waals surface area contributed by atoms with Crippen molar-refractivity contribution >= 4 is 0 Å². The third kappa shape index (κ3) is 4.07. The maximum atomic E-state index is 4.12. The summed E-state index contributed by atoms with van der Waals surface area (Å²) in [5.74, 6) is 0.706. The number of piperazine rings is 1. The van der Waals surface area contributed by atoms with E-state index in [4.69, 9.17) is 0 Å². The summed E-state index contributed by atoms with van der Waals surface area (Å²) in [6.07, 6.45) is 9.46. The van der Waals surface area contributed by atoms with E-state index in [0.29, 0.717) is 17.5 Å². The summed E-state index contributed by atoms with van der Waals surface area (Å²) in [6, 6.07) is 0.666. The first-order valence-electron chi connectivity index (χ1n) is 8.55. The molecule has 1 atom stereocenters. The summed E-state index contributed by atoms with van der Waals surface area (Å²) >= 11 is 0. The first kappa shape index (κ1) is 16.5. The average molecular weight is 292 g/mol. The predicted octanol–water partition coefficient (Wildman–Crippen LogP) is 2.76. The number of nitrogens with one attached hydrogen (secondary N) is 1. The van der Waals surface area contributed by atoms with Crippen molar-refractivity contribution in [2.75, 3.05) is 19.6 Å². The highest BCUT2D eigenvalue weighted by molar-refractivity contribution is 4.97. The van der Waals surface area contributed by atoms with Crippen LogP contribution >= 0.6 is 0 Å². The third-order valence-corrected chi connectivity index (χ3v) is 5.20. The zero-order valence-electron chi connectivity index (χ0n) is 14.2. The maximum absolute atomic E-state index is 4.12. The van der Waals surface area contributed by atoms with Crippen molar-refractivity contribution in [2.45, 2.75) is 65.1 Å². The highest BCUT2D eigenvalue weighted by atomic mass is 15.3. The molecule has 0 radical (unpaired) electrons. The van der Waals surface area contributed by atoms with Crippen LogP contribution in [0.5, 0.6) is 0 Å². The van der Waals surface area contributed by atoms with Crippen molar-refractivity contribution < 1.29 is 0 Å². The summed E-state index contributed by atoms with van der Waals surface area (Å²) in [5, 5.41) is 3.84. The molecular weight excluding hydrogens is 260 g/mol. The van der Waals surface area contributed by atoms with Crippen molar-refractivity contribution in [3.05, 3.63) is 18.7 Å². The minimum atomic E-state index is 0.320. The molecule has 0 aromatic carbocycles. The van der Waals surface area contributed by atoms with E-state index in [0.717, 1.165) is 13.1 Å². The van der Waals surface area contributed by atoms with Gasteiger partial charge in [0.05, 0.1) is 6.33 Å². The van der Waals surface area contributed by atoms with E-state index in [1.54, 1.807) is 0 Å². The number of hydrogen-bond donors (Lipinski definition) is 1. The van der Waals surface area contributed by atoms with Crippen LogP contribution in [0.25, 0.3) is 0 Å². The Morgan fingerprint density at radius 3 is 2.62 bits per heavy atom. The molecule has 2 rings (SSSR count). The van der Waals surface area contributed by atoms with Crippen molar-refractivity contribution in [3.63, 3.8) is 0 Å². The Morgan fingerprint density at radius 1 is 1.29 bits per heavy atom. The molecule has 1 aromatic heterocycles. The zero-order valence-corrected chi connectivity index (χ0v) is 14.2. The molecule has 0 spiro atoms. The van der Waals surface area contributed by atoms with E-state index in [1.165, 1.54) is 32.4 Å². The normalized spacial score (nSPS) is 22.8. The molecule has 1 saturated heterocycles. The van der Waals surface area contributed by atoms with E-state index >= 15 is 0 Å². The Hall–Kier alpha value is -0.870. The molecule has 21 heavy (non-hydrogen) atoms. The van der Waals surface area contributed by atoms with Crippen LogP contribution in [0.1, 0.15) is 47.0 Å². The largest absolute Gasteiger partial charge is 0.337 e. The second-order valence-corrected chi connectivity index (χ2v) is 6.80. The van der Waals surface area contributed by atoms with E-state index in [-0.39, 0.29) is 0 Å². The summed E-state index contributed by atoms with van der Waals surface area (Å²) < 4.78 is 2.18. The molecule has 1 aliphatic heterocycles. The first-order valence-corrected chi connectivity index (χ1v) is 8.55. The number of aromatic nitrogens is 2. The first-order chi connectivity index (χ1) is 10.1. The van der Waals surface area contributed by atoms with Crippen molar-refractivity contribution in [2.24, 2.45) is 5.92 Å². The number of rotatable bonds is 7. The van der Waals surface area contributed by atoms with Gasteiger partial charge in [-0.3, -0.25) is 4.90 Å². The summed E-state index contributed by atoms with van der Waals surface area (Å²) in [5.41, 5.74) is 0.320. The van der Waals surface area contributed by atoms with Crippen molar-refractivity contribution in [1.82, 2.24) is 19.8 Å². The van der Waals surface area contributed by atoms with Crippen LogP contribution in [-0.4, -0.2) is 45.7 Å². The lowest BCUT2D eigenvalue weighted by atomic mass is 9.86. The number of aryl methyl sites for hydroxylation is 1. The fourth-order valence-electron chi connectivity index (χ4n) is 3.51. The Balaban J connectivity index is 1.93. The van der Waals surface area contributed by atoms with Gasteiger partial charge in [0.1, 0.15) is 0 Å². The minimum absolute atomic E-state index is 0.320. The molecule has 1 fully saturated rings. The molecule has 0 aliphatic carbocycles. The monoisotopic (exact) mass is 292 g/mol. The summed E-state index contributed by atoms with van der Waals surface area (Å²) in [4.78, 5) is 6.85. The Labute approximate surface area is 129 Å². The fourth-order valence-corrected chi connectivity index (χ4v) is 3.51. The topological polar surface area (TPSA) is 33.1 Å². The standard InChI is InChI=1S/C17H32N4/c1-5-17(6-2)13-21(16(12-19-17)15(3)4)10-7-9-20-11-8-18-14-20/h8,11,14-16,19H,5-7,9-10,12-13H2,1-4H3. The van der Waals surface area contributed by atoms with E-state index < -0.39 is 0 Å². The predicted molar refractivity (Wildman–Crippen MR) is 88.4 cm³/mol. The Bertz CT molecular complexity index is 395. The van der Waals surface area contributed by atoms with Gasteiger partial charge < -0.3 is 9.88 Å². The molecule has 4 heteroatoms. The van der Waals surface area contributed by atoms with Gasteiger partial charge in [0.25, 0.3) is 0 Å². The lowest BCUT2D eigenvalue weighted by Gasteiger charge is -2.49. The summed E-state index contributed by atoms with van der Waals surface area (Å²) in [6.45, 7) is 13.9. The van der Waals surface area contributed by atoms with Crippen LogP contribution in [0.2, 0.25) is 0 Å². The van der Waals surface area contributed by atoms with E-state index in [9.17, 15) is 0 Å². The molecule has 0 saturated carbocycles. The fraction of sp³-hybridized carbons (Fsp3) is 0.824. The highest BCUT2D eigenvalue weighted by Crippen LogP contribution is 2.25. The van der Waals surface area contributed by atoms with Gasteiger partial charge in [-0.1, -0.05) is 27.7 Å². The van der Waals surface area contributed by atoms with E-state index in [1.807, 2.05) is 12.5 Å². The molecule has 1 aromatic rings. The second-order valence-electron chi connectivity index (χ2n) is 6.80. The van der Waals surface area contributed by atoms with Gasteiger partial charge in [-0.25, -0.2) is 4.98 Å². The van der Waals surface area contributed by atoms with Gasteiger partial charge in [-0.05, 0) is 25.2 Å². The molecule has 2 heterocycles. The molecule has 0 amide bonds. The van der Waals surface area contributed by atoms with Crippen LogP contribution in [0.4, 0.5) is 0 Å². The van der Waals surface area contributed by atoms with Gasteiger partial charge in [0.2, 0.25) is 0 Å². The van der Waals surface area contributed by atoms with Gasteiger partial charge >= 0.3 is 0 Å². The van der Waals surface area contributed by atoms with Gasteiger partial charge in [-0.2, -0.15) is 0 Å². The number of nitrogens with zero attached hydrogens (tertiary/aromatic N) is 3. The van der Waals surface area contributed by atoms with Crippen LogP contribution in [0, 0.1) is 5.92 Å². The lowest BCUT2D eigenvalue weighted by molar-refractivity contribution is 0.0487. The molecule has 1 N–H and O–H groups in total. The highest BCUT2D eigenvalue weighted by Gasteiger charge is 2.37. The Kier molecular flexibility index (Phi) is 5.82. The third-order valence-electron chi connectivity index (χ3n) is 5.20. The second kappa shape index (κ2) is 7.41. The summed E-state index contributed by atoms with van der Waals surface area (Å²) in [7, 11) is 0. The van der Waals surface area contributed by atoms with Gasteiger partial charge in [0.15, 0.2) is 0 Å². The minimum Gasteiger partial charge on any atom is -0.337 e. The quantitative estimate of drug-likeness (QED) is 0.839. The molecular formula is C17H32N4. The zero-order chi connectivity index (χ0) is 15.3. The maximum Gasteiger partial charge on any atom is 0.0945 e. The van der Waals surface area contributed by atoms with Gasteiger partial charge in [-0.15, -0.1) is 0 Å². The SMILES string of the molecule is CCC1(CC)CN(CCCn2ccnc2)C(C(C)C)CN1. The number of hydrogen-bond acceptors (Lipinski definition) is 3. The number of imidazole rings is 1. The van der Waals surface area contributed by atoms with Crippen LogP contribution in [-0.2, 0) is 6.54 Å². The van der Waals surface area contributed by atoms with E-state index in [2.05, 4.69) is 53.7 Å². The lowest BCUT2D eigenvalue weighted by Crippen LogP contribution is -2.65. The van der Waals surface area contributed by atoms with Crippen LogP contribution in [0.15, 0.2) is 18.7 Å². The molecule has 0 bridgehead atoms. The molecule has 1 aliphatic rings.